The highest BCUT2D eigenvalue weighted by atomic mass is 35.5. The molecule has 1 aliphatic rings. The van der Waals surface area contributed by atoms with Crippen LogP contribution in [0, 0.1) is 0 Å². The predicted octanol–water partition coefficient (Wildman–Crippen LogP) is 2.79. The Balaban J connectivity index is 0.00000161. The Morgan fingerprint density at radius 1 is 1.13 bits per heavy atom. The summed E-state index contributed by atoms with van der Waals surface area (Å²) in [5, 5.41) is 3.33. The van der Waals surface area contributed by atoms with Crippen molar-refractivity contribution < 1.29 is 0 Å². The zero-order chi connectivity index (χ0) is 13.9. The molecule has 1 unspecified atom stereocenters. The largest absolute Gasteiger partial charge is 0.370 e. The van der Waals surface area contributed by atoms with Crippen LogP contribution in [0.1, 0.15) is 6.42 Å². The second kappa shape index (κ2) is 9.78. The SMILES string of the molecule is CNC1CCN(c2ccc(-c3ccnc(N)n3)cc2)C1.Cl.Cl.Cl. The molecule has 1 fully saturated rings. The van der Waals surface area contributed by atoms with Crippen LogP contribution in [0.5, 0.6) is 0 Å². The molecular weight excluding hydrogens is 357 g/mol. The van der Waals surface area contributed by atoms with Crippen molar-refractivity contribution >= 4 is 48.9 Å². The van der Waals surface area contributed by atoms with E-state index in [9.17, 15) is 0 Å². The fourth-order valence-corrected chi connectivity index (χ4v) is 2.61. The van der Waals surface area contributed by atoms with Crippen LogP contribution in [0.3, 0.4) is 0 Å². The maximum atomic E-state index is 5.62. The molecule has 128 valence electrons. The Morgan fingerprint density at radius 2 is 1.83 bits per heavy atom. The van der Waals surface area contributed by atoms with Gasteiger partial charge in [-0.25, -0.2) is 9.97 Å². The second-order valence-corrected chi connectivity index (χ2v) is 5.07. The van der Waals surface area contributed by atoms with E-state index in [1.165, 1.54) is 12.1 Å². The molecule has 8 heteroatoms. The monoisotopic (exact) mass is 377 g/mol. The average Bonchev–Trinajstić information content (AvgIpc) is 2.96. The molecular formula is C15H22Cl3N5. The summed E-state index contributed by atoms with van der Waals surface area (Å²) in [4.78, 5) is 10.6. The van der Waals surface area contributed by atoms with Crippen molar-refractivity contribution in [2.24, 2.45) is 0 Å². The fourth-order valence-electron chi connectivity index (χ4n) is 2.61. The minimum Gasteiger partial charge on any atom is -0.370 e. The Bertz CT molecular complexity index is 594. The van der Waals surface area contributed by atoms with Gasteiger partial charge in [0.05, 0.1) is 5.69 Å². The van der Waals surface area contributed by atoms with Crippen molar-refractivity contribution in [1.29, 1.82) is 0 Å². The number of nitrogens with one attached hydrogen (secondary N) is 1. The Hall–Kier alpha value is -1.27. The van der Waals surface area contributed by atoms with Gasteiger partial charge >= 0.3 is 0 Å². The van der Waals surface area contributed by atoms with Crippen LogP contribution in [0.25, 0.3) is 11.3 Å². The molecule has 5 nitrogen and oxygen atoms in total. The standard InChI is InChI=1S/C15H19N5.3ClH/c1-17-12-7-9-20(10-12)13-4-2-11(3-5-13)14-6-8-18-15(16)19-14;;;/h2-6,8,12,17H,7,9-10H2,1H3,(H2,16,18,19);3*1H. The molecule has 1 atom stereocenters. The predicted molar refractivity (Wildman–Crippen MR) is 103 cm³/mol. The molecule has 1 aromatic carbocycles. The fraction of sp³-hybridized carbons (Fsp3) is 0.333. The van der Waals surface area contributed by atoms with Crippen molar-refractivity contribution in [2.75, 3.05) is 30.8 Å². The number of anilines is 2. The number of likely N-dealkylation sites (N-methyl/N-ethyl adjacent to an activating group) is 1. The van der Waals surface area contributed by atoms with Gasteiger partial charge in [0, 0.05) is 36.6 Å². The third kappa shape index (κ3) is 5.11. The van der Waals surface area contributed by atoms with Crippen molar-refractivity contribution in [3.05, 3.63) is 36.5 Å². The molecule has 3 N–H and O–H groups in total. The highest BCUT2D eigenvalue weighted by Crippen LogP contribution is 2.24. The molecule has 0 spiro atoms. The lowest BCUT2D eigenvalue weighted by Crippen LogP contribution is -2.29. The molecule has 1 aromatic heterocycles. The molecule has 0 radical (unpaired) electrons. The number of rotatable bonds is 3. The minimum atomic E-state index is 0. The summed E-state index contributed by atoms with van der Waals surface area (Å²) in [5.41, 5.74) is 8.80. The quantitative estimate of drug-likeness (QED) is 0.859. The number of halogens is 3. The summed E-state index contributed by atoms with van der Waals surface area (Å²) < 4.78 is 0. The first-order valence-electron chi connectivity index (χ1n) is 6.87. The van der Waals surface area contributed by atoms with Crippen molar-refractivity contribution in [3.8, 4) is 11.3 Å². The van der Waals surface area contributed by atoms with Gasteiger partial charge in [0.25, 0.3) is 0 Å². The van der Waals surface area contributed by atoms with Gasteiger partial charge in [-0.3, -0.25) is 0 Å². The third-order valence-corrected chi connectivity index (χ3v) is 3.80. The highest BCUT2D eigenvalue weighted by molar-refractivity contribution is 5.86. The number of nitrogens with two attached hydrogens (primary N) is 1. The lowest BCUT2D eigenvalue weighted by atomic mass is 10.1. The van der Waals surface area contributed by atoms with E-state index in [-0.39, 0.29) is 37.2 Å². The third-order valence-electron chi connectivity index (χ3n) is 3.80. The van der Waals surface area contributed by atoms with E-state index in [0.29, 0.717) is 12.0 Å². The van der Waals surface area contributed by atoms with Crippen LogP contribution in [0.15, 0.2) is 36.5 Å². The van der Waals surface area contributed by atoms with Gasteiger partial charge in [-0.1, -0.05) is 12.1 Å². The number of benzene rings is 1. The lowest BCUT2D eigenvalue weighted by Gasteiger charge is -2.18. The molecule has 0 saturated carbocycles. The number of aromatic nitrogens is 2. The molecule has 0 amide bonds. The maximum absolute atomic E-state index is 5.62. The van der Waals surface area contributed by atoms with E-state index in [1.807, 2.05) is 13.1 Å². The zero-order valence-corrected chi connectivity index (χ0v) is 15.3. The van der Waals surface area contributed by atoms with Gasteiger partial charge in [0.15, 0.2) is 0 Å². The topological polar surface area (TPSA) is 67.1 Å². The van der Waals surface area contributed by atoms with Gasteiger partial charge in [0.2, 0.25) is 5.95 Å². The maximum Gasteiger partial charge on any atom is 0.220 e. The summed E-state index contributed by atoms with van der Waals surface area (Å²) in [6, 6.07) is 10.9. The molecule has 2 heterocycles. The van der Waals surface area contributed by atoms with E-state index < -0.39 is 0 Å². The van der Waals surface area contributed by atoms with Crippen LogP contribution in [-0.2, 0) is 0 Å². The first-order chi connectivity index (χ1) is 9.76. The molecule has 0 aliphatic carbocycles. The van der Waals surface area contributed by atoms with Crippen molar-refractivity contribution in [3.63, 3.8) is 0 Å². The number of nitrogen functional groups attached to an aromatic ring is 1. The lowest BCUT2D eigenvalue weighted by molar-refractivity contribution is 0.617. The summed E-state index contributed by atoms with van der Waals surface area (Å²) in [6.45, 7) is 2.17. The highest BCUT2D eigenvalue weighted by Gasteiger charge is 2.20. The average molecular weight is 379 g/mol. The molecule has 0 bridgehead atoms. The van der Waals surface area contributed by atoms with Crippen LogP contribution in [0.2, 0.25) is 0 Å². The summed E-state index contributed by atoms with van der Waals surface area (Å²) in [7, 11) is 2.02. The smallest absolute Gasteiger partial charge is 0.220 e. The number of hydrogen-bond donors (Lipinski definition) is 2. The first-order valence-corrected chi connectivity index (χ1v) is 6.87. The Labute approximate surface area is 155 Å². The first kappa shape index (κ1) is 21.7. The zero-order valence-electron chi connectivity index (χ0n) is 12.8. The number of hydrogen-bond acceptors (Lipinski definition) is 5. The van der Waals surface area contributed by atoms with Gasteiger partial charge in [-0.15, -0.1) is 37.2 Å². The van der Waals surface area contributed by atoms with E-state index in [0.717, 1.165) is 24.3 Å². The minimum absolute atomic E-state index is 0. The van der Waals surface area contributed by atoms with E-state index in [2.05, 4.69) is 44.5 Å². The van der Waals surface area contributed by atoms with E-state index >= 15 is 0 Å². The normalized spacial score (nSPS) is 16.0. The Morgan fingerprint density at radius 3 is 2.39 bits per heavy atom. The molecule has 23 heavy (non-hydrogen) atoms. The molecule has 3 rings (SSSR count). The summed E-state index contributed by atoms with van der Waals surface area (Å²) in [5.74, 6) is 0.308. The second-order valence-electron chi connectivity index (χ2n) is 5.07. The van der Waals surface area contributed by atoms with Crippen LogP contribution >= 0.6 is 37.2 Å². The van der Waals surface area contributed by atoms with Crippen molar-refractivity contribution in [2.45, 2.75) is 12.5 Å². The Kier molecular flexibility index (Phi) is 9.24. The van der Waals surface area contributed by atoms with Gasteiger partial charge in [-0.05, 0) is 31.7 Å². The van der Waals surface area contributed by atoms with Crippen LogP contribution in [-0.4, -0.2) is 36.1 Å². The van der Waals surface area contributed by atoms with Crippen molar-refractivity contribution in [1.82, 2.24) is 15.3 Å². The van der Waals surface area contributed by atoms with E-state index in [1.54, 1.807) is 6.20 Å². The van der Waals surface area contributed by atoms with Crippen LogP contribution < -0.4 is 16.0 Å². The van der Waals surface area contributed by atoms with Gasteiger partial charge < -0.3 is 16.0 Å². The molecule has 2 aromatic rings. The van der Waals surface area contributed by atoms with Gasteiger partial charge in [0.1, 0.15) is 0 Å². The molecule has 1 aliphatic heterocycles. The molecule has 1 saturated heterocycles. The van der Waals surface area contributed by atoms with E-state index in [4.69, 9.17) is 5.73 Å². The summed E-state index contributed by atoms with van der Waals surface area (Å²) in [6.07, 6.45) is 2.88. The number of nitrogens with zero attached hydrogens (tertiary/aromatic N) is 3. The van der Waals surface area contributed by atoms with Crippen LogP contribution in [0.4, 0.5) is 11.6 Å². The summed E-state index contributed by atoms with van der Waals surface area (Å²) >= 11 is 0. The van der Waals surface area contributed by atoms with Gasteiger partial charge in [-0.2, -0.15) is 0 Å².